The molecular formula is C24H25N5O. The quantitative estimate of drug-likeness (QED) is 0.496. The maximum atomic E-state index is 5.19. The monoisotopic (exact) mass is 399 g/mol. The van der Waals surface area contributed by atoms with Crippen molar-refractivity contribution in [3.05, 3.63) is 90.0 Å². The highest BCUT2D eigenvalue weighted by atomic mass is 16.5. The van der Waals surface area contributed by atoms with Crippen molar-refractivity contribution in [1.82, 2.24) is 25.1 Å². The fourth-order valence-corrected chi connectivity index (χ4v) is 3.39. The van der Waals surface area contributed by atoms with Gasteiger partial charge in [-0.1, -0.05) is 18.2 Å². The average molecular weight is 399 g/mol. The largest absolute Gasteiger partial charge is 0.497 e. The van der Waals surface area contributed by atoms with Gasteiger partial charge in [-0.25, -0.2) is 14.6 Å². The molecule has 0 aliphatic rings. The van der Waals surface area contributed by atoms with Crippen LogP contribution < -0.4 is 10.1 Å². The Bertz CT molecular complexity index is 1090. The smallest absolute Gasteiger partial charge is 0.159 e. The SMILES string of the molecule is COc1ccc(-c2ncc(CNC(C)c3cnn(-c4ccccc4)c3C)cn2)cc1. The van der Waals surface area contributed by atoms with Gasteiger partial charge in [0.15, 0.2) is 5.82 Å². The maximum Gasteiger partial charge on any atom is 0.159 e. The first-order valence-electron chi connectivity index (χ1n) is 9.94. The number of ether oxygens (including phenoxy) is 1. The topological polar surface area (TPSA) is 64.9 Å². The van der Waals surface area contributed by atoms with Gasteiger partial charge in [0.2, 0.25) is 0 Å². The zero-order chi connectivity index (χ0) is 20.9. The summed E-state index contributed by atoms with van der Waals surface area (Å²) in [4.78, 5) is 9.02. The molecule has 6 heteroatoms. The van der Waals surface area contributed by atoms with Gasteiger partial charge >= 0.3 is 0 Å². The molecule has 152 valence electrons. The van der Waals surface area contributed by atoms with E-state index in [1.807, 2.05) is 65.7 Å². The molecule has 0 saturated carbocycles. The molecule has 0 amide bonds. The van der Waals surface area contributed by atoms with E-state index in [9.17, 15) is 0 Å². The average Bonchev–Trinajstić information content (AvgIpc) is 3.20. The van der Waals surface area contributed by atoms with E-state index in [1.54, 1.807) is 7.11 Å². The Balaban J connectivity index is 1.40. The fraction of sp³-hybridized carbons (Fsp3) is 0.208. The molecule has 1 unspecified atom stereocenters. The van der Waals surface area contributed by atoms with E-state index in [2.05, 4.69) is 46.4 Å². The zero-order valence-corrected chi connectivity index (χ0v) is 17.4. The number of methoxy groups -OCH3 is 1. The molecule has 6 nitrogen and oxygen atoms in total. The van der Waals surface area contributed by atoms with Crippen LogP contribution in [0.15, 0.2) is 73.2 Å². The molecule has 1 atom stereocenters. The van der Waals surface area contributed by atoms with Crippen molar-refractivity contribution in [2.45, 2.75) is 26.4 Å². The van der Waals surface area contributed by atoms with Crippen LogP contribution in [-0.4, -0.2) is 26.9 Å². The van der Waals surface area contributed by atoms with E-state index in [4.69, 9.17) is 4.74 Å². The summed E-state index contributed by atoms with van der Waals surface area (Å²) in [5.74, 6) is 1.52. The third-order valence-electron chi connectivity index (χ3n) is 5.18. The van der Waals surface area contributed by atoms with Crippen LogP contribution in [0.25, 0.3) is 17.1 Å². The van der Waals surface area contributed by atoms with Crippen LogP contribution in [0.5, 0.6) is 5.75 Å². The Hall–Kier alpha value is -3.51. The highest BCUT2D eigenvalue weighted by Crippen LogP contribution is 2.21. The number of para-hydroxylation sites is 1. The van der Waals surface area contributed by atoms with E-state index < -0.39 is 0 Å². The second kappa shape index (κ2) is 8.88. The van der Waals surface area contributed by atoms with Crippen LogP contribution >= 0.6 is 0 Å². The van der Waals surface area contributed by atoms with Crippen molar-refractivity contribution in [3.8, 4) is 22.8 Å². The Morgan fingerprint density at radius 1 is 0.967 bits per heavy atom. The lowest BCUT2D eigenvalue weighted by atomic mass is 10.1. The minimum Gasteiger partial charge on any atom is -0.497 e. The van der Waals surface area contributed by atoms with Crippen LogP contribution in [-0.2, 0) is 6.54 Å². The number of hydrogen-bond donors (Lipinski definition) is 1. The van der Waals surface area contributed by atoms with E-state index >= 15 is 0 Å². The molecule has 30 heavy (non-hydrogen) atoms. The lowest BCUT2D eigenvalue weighted by Gasteiger charge is -2.14. The summed E-state index contributed by atoms with van der Waals surface area (Å²) in [7, 11) is 1.66. The van der Waals surface area contributed by atoms with Gasteiger partial charge in [-0.05, 0) is 50.2 Å². The van der Waals surface area contributed by atoms with Crippen molar-refractivity contribution < 1.29 is 4.74 Å². The molecule has 4 aromatic rings. The Labute approximate surface area is 176 Å². The normalized spacial score (nSPS) is 12.0. The van der Waals surface area contributed by atoms with Crippen LogP contribution in [0.4, 0.5) is 0 Å². The van der Waals surface area contributed by atoms with Crippen molar-refractivity contribution in [3.63, 3.8) is 0 Å². The van der Waals surface area contributed by atoms with Gasteiger partial charge in [-0.15, -0.1) is 0 Å². The molecule has 1 N–H and O–H groups in total. The van der Waals surface area contributed by atoms with Crippen molar-refractivity contribution in [1.29, 1.82) is 0 Å². The van der Waals surface area contributed by atoms with Crippen LogP contribution in [0.1, 0.15) is 29.8 Å². The lowest BCUT2D eigenvalue weighted by molar-refractivity contribution is 0.415. The molecule has 0 aliphatic heterocycles. The Morgan fingerprint density at radius 3 is 2.33 bits per heavy atom. The summed E-state index contributed by atoms with van der Waals surface area (Å²) in [6.07, 6.45) is 5.67. The first-order valence-corrected chi connectivity index (χ1v) is 9.94. The number of rotatable bonds is 7. The Kier molecular flexibility index (Phi) is 5.86. The molecule has 0 aliphatic carbocycles. The number of benzene rings is 2. The van der Waals surface area contributed by atoms with Gasteiger partial charge in [0.05, 0.1) is 19.0 Å². The summed E-state index contributed by atoms with van der Waals surface area (Å²) in [5, 5.41) is 8.11. The second-order valence-electron chi connectivity index (χ2n) is 7.18. The van der Waals surface area contributed by atoms with E-state index in [1.165, 1.54) is 5.56 Å². The molecule has 2 aromatic heterocycles. The standard InChI is InChI=1S/C24H25N5O/c1-17(23-16-28-29(18(23)2)21-7-5-4-6-8-21)25-13-19-14-26-24(27-15-19)20-9-11-22(30-3)12-10-20/h4-12,14-17,25H,13H2,1-3H3. The summed E-state index contributed by atoms with van der Waals surface area (Å²) in [5.41, 5.74) is 5.37. The third kappa shape index (κ3) is 4.23. The lowest BCUT2D eigenvalue weighted by Crippen LogP contribution is -2.19. The molecule has 2 heterocycles. The minimum absolute atomic E-state index is 0.156. The molecule has 4 rings (SSSR count). The molecule has 2 aromatic carbocycles. The van der Waals surface area contributed by atoms with Crippen molar-refractivity contribution >= 4 is 0 Å². The van der Waals surface area contributed by atoms with Crippen LogP contribution in [0, 0.1) is 6.92 Å². The van der Waals surface area contributed by atoms with Gasteiger partial charge in [0.1, 0.15) is 5.75 Å². The highest BCUT2D eigenvalue weighted by molar-refractivity contribution is 5.55. The van der Waals surface area contributed by atoms with Gasteiger partial charge in [-0.3, -0.25) is 0 Å². The third-order valence-corrected chi connectivity index (χ3v) is 5.18. The van der Waals surface area contributed by atoms with Crippen LogP contribution in [0.2, 0.25) is 0 Å². The first-order chi connectivity index (χ1) is 14.7. The molecule has 0 fully saturated rings. The van der Waals surface area contributed by atoms with Gasteiger partial charge in [0, 0.05) is 47.4 Å². The molecule has 0 spiro atoms. The zero-order valence-electron chi connectivity index (χ0n) is 17.4. The molecular weight excluding hydrogens is 374 g/mol. The van der Waals surface area contributed by atoms with Gasteiger partial charge < -0.3 is 10.1 Å². The first kappa shape index (κ1) is 19.8. The predicted octanol–water partition coefficient (Wildman–Crippen LogP) is 4.50. The summed E-state index contributed by atoms with van der Waals surface area (Å²) in [6.45, 7) is 4.92. The summed E-state index contributed by atoms with van der Waals surface area (Å²) >= 11 is 0. The second-order valence-corrected chi connectivity index (χ2v) is 7.18. The summed E-state index contributed by atoms with van der Waals surface area (Å²) < 4.78 is 7.17. The fourth-order valence-electron chi connectivity index (χ4n) is 3.39. The minimum atomic E-state index is 0.156. The maximum absolute atomic E-state index is 5.19. The number of nitrogens with zero attached hydrogens (tertiary/aromatic N) is 4. The molecule has 0 radical (unpaired) electrons. The van der Waals surface area contributed by atoms with E-state index in [-0.39, 0.29) is 6.04 Å². The van der Waals surface area contributed by atoms with Crippen LogP contribution in [0.3, 0.4) is 0 Å². The summed E-state index contributed by atoms with van der Waals surface area (Å²) in [6, 6.07) is 18.1. The highest BCUT2D eigenvalue weighted by Gasteiger charge is 2.14. The Morgan fingerprint density at radius 2 is 1.67 bits per heavy atom. The van der Waals surface area contributed by atoms with Gasteiger partial charge in [-0.2, -0.15) is 5.10 Å². The number of aromatic nitrogens is 4. The molecule has 0 saturated heterocycles. The van der Waals surface area contributed by atoms with E-state index in [0.717, 1.165) is 28.3 Å². The van der Waals surface area contributed by atoms with E-state index in [0.29, 0.717) is 12.4 Å². The van der Waals surface area contributed by atoms with Crippen molar-refractivity contribution in [2.75, 3.05) is 7.11 Å². The van der Waals surface area contributed by atoms with Gasteiger partial charge in [0.25, 0.3) is 0 Å². The van der Waals surface area contributed by atoms with Crippen molar-refractivity contribution in [2.24, 2.45) is 0 Å². The number of hydrogen-bond acceptors (Lipinski definition) is 5. The number of nitrogens with one attached hydrogen (secondary N) is 1. The predicted molar refractivity (Wildman–Crippen MR) is 118 cm³/mol. The molecule has 0 bridgehead atoms.